The third-order valence-electron chi connectivity index (χ3n) is 7.45. The molecule has 14 heteroatoms. The Bertz CT molecular complexity index is 1520. The molecule has 3 amide bonds. The van der Waals surface area contributed by atoms with E-state index >= 15 is 0 Å². The molecule has 0 aromatic carbocycles. The van der Waals surface area contributed by atoms with Gasteiger partial charge in [0, 0.05) is 59.2 Å². The third-order valence-corrected chi connectivity index (χ3v) is 8.69. The number of amides is 3. The maximum absolute atomic E-state index is 13.3. The van der Waals surface area contributed by atoms with Crippen molar-refractivity contribution in [3.8, 4) is 5.75 Å². The van der Waals surface area contributed by atoms with Crippen LogP contribution in [0.1, 0.15) is 42.1 Å². The van der Waals surface area contributed by atoms with Crippen LogP contribution >= 0.6 is 22.9 Å². The number of hydrogen-bond donors (Lipinski definition) is 2. The van der Waals surface area contributed by atoms with Gasteiger partial charge in [-0.05, 0) is 24.5 Å². The van der Waals surface area contributed by atoms with Gasteiger partial charge in [0.05, 0.1) is 22.3 Å². The van der Waals surface area contributed by atoms with Crippen LogP contribution in [-0.2, 0) is 9.59 Å². The molecule has 5 heterocycles. The zero-order valence-corrected chi connectivity index (χ0v) is 24.8. The number of anilines is 2. The summed E-state index contributed by atoms with van der Waals surface area (Å²) in [7, 11) is 1.69. The first-order valence-electron chi connectivity index (χ1n) is 13.4. The minimum Gasteiger partial charge on any atom is -0.490 e. The summed E-state index contributed by atoms with van der Waals surface area (Å²) in [6.07, 6.45) is 5.13. The molecule has 41 heavy (non-hydrogen) atoms. The maximum atomic E-state index is 13.3. The third kappa shape index (κ3) is 6.10. The number of fused-ring (bicyclic) bond motifs is 1. The van der Waals surface area contributed by atoms with Crippen LogP contribution in [-0.4, -0.2) is 94.5 Å². The lowest BCUT2D eigenvalue weighted by Gasteiger charge is -2.34. The summed E-state index contributed by atoms with van der Waals surface area (Å²) in [5, 5.41) is 7.62. The topological polar surface area (TPSA) is 138 Å². The van der Waals surface area contributed by atoms with Crippen molar-refractivity contribution in [3.05, 3.63) is 39.4 Å². The second kappa shape index (κ2) is 12.0. The zero-order chi connectivity index (χ0) is 29.3. The van der Waals surface area contributed by atoms with Crippen molar-refractivity contribution >= 4 is 63.3 Å². The smallest absolute Gasteiger partial charge is 0.265 e. The van der Waals surface area contributed by atoms with Gasteiger partial charge < -0.3 is 30.5 Å². The van der Waals surface area contributed by atoms with Crippen LogP contribution in [0.2, 0.25) is 4.34 Å². The van der Waals surface area contributed by atoms with Gasteiger partial charge in [-0.25, -0.2) is 9.50 Å². The Morgan fingerprint density at radius 2 is 2.10 bits per heavy atom. The molecule has 218 valence electrons. The molecule has 3 N–H and O–H groups in total. The fourth-order valence-corrected chi connectivity index (χ4v) is 6.19. The van der Waals surface area contributed by atoms with E-state index in [4.69, 9.17) is 22.1 Å². The fourth-order valence-electron chi connectivity index (χ4n) is 5.12. The summed E-state index contributed by atoms with van der Waals surface area (Å²) in [5.74, 6) is 0.463. The Kier molecular flexibility index (Phi) is 8.36. The van der Waals surface area contributed by atoms with Gasteiger partial charge in [0.25, 0.3) is 5.91 Å². The molecule has 3 aromatic rings. The second-order valence-corrected chi connectivity index (χ2v) is 11.9. The lowest BCUT2D eigenvalue weighted by molar-refractivity contribution is -0.128. The highest BCUT2D eigenvalue weighted by Crippen LogP contribution is 2.36. The molecule has 0 unspecified atom stereocenters. The molecule has 5 rings (SSSR count). The lowest BCUT2D eigenvalue weighted by atomic mass is 10.0. The Morgan fingerprint density at radius 3 is 2.83 bits per heavy atom. The van der Waals surface area contributed by atoms with E-state index in [9.17, 15) is 14.4 Å². The number of thiophene rings is 1. The second-order valence-electron chi connectivity index (χ2n) is 10.2. The van der Waals surface area contributed by atoms with Crippen molar-refractivity contribution in [2.75, 3.05) is 57.0 Å². The Labute approximate surface area is 246 Å². The van der Waals surface area contributed by atoms with Gasteiger partial charge >= 0.3 is 0 Å². The van der Waals surface area contributed by atoms with Gasteiger partial charge in [0.1, 0.15) is 29.1 Å². The summed E-state index contributed by atoms with van der Waals surface area (Å²) in [6.45, 7) is 6.09. The van der Waals surface area contributed by atoms with Crippen molar-refractivity contribution in [2.24, 2.45) is 0 Å². The molecule has 0 bridgehead atoms. The minimum atomic E-state index is -0.255. The molecular formula is C27H33ClN8O4S. The summed E-state index contributed by atoms with van der Waals surface area (Å²) >= 11 is 7.39. The molecular weight excluding hydrogens is 568 g/mol. The van der Waals surface area contributed by atoms with Crippen LogP contribution in [0.3, 0.4) is 0 Å². The molecule has 0 radical (unpaired) electrons. The normalized spacial score (nSPS) is 17.1. The van der Waals surface area contributed by atoms with Crippen molar-refractivity contribution in [1.82, 2.24) is 29.7 Å². The van der Waals surface area contributed by atoms with Gasteiger partial charge in [-0.3, -0.25) is 14.4 Å². The van der Waals surface area contributed by atoms with Crippen LogP contribution in [0.4, 0.5) is 11.5 Å². The van der Waals surface area contributed by atoms with Crippen LogP contribution < -0.4 is 20.7 Å². The van der Waals surface area contributed by atoms with Crippen LogP contribution in [0, 0.1) is 0 Å². The fraction of sp³-hybridized carbons (Fsp3) is 0.444. The number of nitrogens with one attached hydrogen (secondary N) is 1. The lowest BCUT2D eigenvalue weighted by Crippen LogP contribution is -2.47. The highest BCUT2D eigenvalue weighted by atomic mass is 35.5. The molecule has 0 aliphatic carbocycles. The molecule has 3 aromatic heterocycles. The van der Waals surface area contributed by atoms with Gasteiger partial charge in [0.2, 0.25) is 11.8 Å². The Morgan fingerprint density at radius 1 is 1.29 bits per heavy atom. The van der Waals surface area contributed by atoms with E-state index in [0.717, 1.165) is 47.7 Å². The van der Waals surface area contributed by atoms with Crippen molar-refractivity contribution in [3.63, 3.8) is 0 Å². The highest BCUT2D eigenvalue weighted by Gasteiger charge is 2.29. The number of piperidine rings is 1. The van der Waals surface area contributed by atoms with Crippen molar-refractivity contribution in [1.29, 1.82) is 0 Å². The molecule has 1 fully saturated rings. The average Bonchev–Trinajstić information content (AvgIpc) is 3.66. The monoisotopic (exact) mass is 600 g/mol. The van der Waals surface area contributed by atoms with Crippen LogP contribution in [0.15, 0.2) is 24.5 Å². The van der Waals surface area contributed by atoms with Gasteiger partial charge in [0.15, 0.2) is 5.82 Å². The molecule has 1 atom stereocenters. The van der Waals surface area contributed by atoms with Gasteiger partial charge in [-0.1, -0.05) is 17.7 Å². The number of rotatable bonds is 8. The van der Waals surface area contributed by atoms with Crippen molar-refractivity contribution in [2.45, 2.75) is 32.7 Å². The average molecular weight is 601 g/mol. The number of carbonyl (C=O) groups excluding carboxylic acids is 3. The zero-order valence-electron chi connectivity index (χ0n) is 23.2. The number of halogens is 1. The Balaban J connectivity index is 1.32. The summed E-state index contributed by atoms with van der Waals surface area (Å²) in [6, 6.07) is 3.55. The SMILES string of the molecule is CC(=O)N(C)CCOc1cc(Cl)sc1C(=O)N[C@@H]1CCCN(c2cc(C3=CCN(C(C)=O)C3)n3ncnc(N)c23)C1. The first-order chi connectivity index (χ1) is 19.6. The number of ether oxygens (including phenoxy) is 1. The molecule has 2 aliphatic heterocycles. The first kappa shape index (κ1) is 28.7. The minimum absolute atomic E-state index is 0.0186. The molecule has 0 saturated carbocycles. The first-order valence-corrected chi connectivity index (χ1v) is 14.6. The van der Waals surface area contributed by atoms with E-state index in [1.807, 2.05) is 12.1 Å². The molecule has 1 saturated heterocycles. The van der Waals surface area contributed by atoms with E-state index in [-0.39, 0.29) is 30.4 Å². The number of nitrogens with zero attached hydrogens (tertiary/aromatic N) is 6. The van der Waals surface area contributed by atoms with Crippen molar-refractivity contribution < 1.29 is 19.1 Å². The predicted octanol–water partition coefficient (Wildman–Crippen LogP) is 2.53. The number of nitrogens with two attached hydrogens (primary N) is 1. The molecule has 0 spiro atoms. The van der Waals surface area contributed by atoms with E-state index in [1.165, 1.54) is 13.3 Å². The standard InChI is InChI=1S/C27H33ClN8O4S/c1-16(37)33(3)9-10-40-22-12-23(28)41-25(22)27(39)32-19-5-4-7-35(14-19)21-11-20(18-6-8-34(13-18)17(2)38)36-24(21)26(29)30-15-31-36/h6,11-12,15,19H,4-5,7-10,13-14H2,1-3H3,(H,32,39)(H2,29,30,31)/t19-/m1/s1. The largest absolute Gasteiger partial charge is 0.490 e. The summed E-state index contributed by atoms with van der Waals surface area (Å²) in [4.78, 5) is 46.8. The summed E-state index contributed by atoms with van der Waals surface area (Å²) in [5.41, 5.74) is 9.79. The highest BCUT2D eigenvalue weighted by molar-refractivity contribution is 7.18. The van der Waals surface area contributed by atoms with Crippen LogP contribution in [0.5, 0.6) is 5.75 Å². The molecule has 2 aliphatic rings. The maximum Gasteiger partial charge on any atom is 0.265 e. The number of likely N-dealkylation sites (N-methyl/N-ethyl adjacent to an activating group) is 1. The van der Waals surface area contributed by atoms with Gasteiger partial charge in [-0.15, -0.1) is 11.3 Å². The van der Waals surface area contributed by atoms with E-state index < -0.39 is 0 Å². The number of aromatic nitrogens is 3. The molecule has 12 nitrogen and oxygen atoms in total. The summed E-state index contributed by atoms with van der Waals surface area (Å²) < 4.78 is 8.05. The Hall–Kier alpha value is -3.84. The van der Waals surface area contributed by atoms with E-state index in [2.05, 4.69) is 20.3 Å². The van der Waals surface area contributed by atoms with E-state index in [1.54, 1.807) is 34.4 Å². The number of nitrogen functional groups attached to an aromatic ring is 1. The number of hydrogen-bond acceptors (Lipinski definition) is 9. The van der Waals surface area contributed by atoms with Crippen LogP contribution in [0.25, 0.3) is 11.1 Å². The predicted molar refractivity (Wildman–Crippen MR) is 158 cm³/mol. The quantitative estimate of drug-likeness (QED) is 0.402. The van der Waals surface area contributed by atoms with E-state index in [0.29, 0.717) is 52.5 Å². The van der Waals surface area contributed by atoms with Gasteiger partial charge in [-0.2, -0.15) is 5.10 Å². The number of carbonyl (C=O) groups is 3.